The average molecular weight is 278 g/mol. The molecule has 20 heavy (non-hydrogen) atoms. The Balaban J connectivity index is 2.38. The summed E-state index contributed by atoms with van der Waals surface area (Å²) in [6.07, 6.45) is 1.33. The lowest BCUT2D eigenvalue weighted by Crippen LogP contribution is -2.32. The van der Waals surface area contributed by atoms with E-state index in [1.807, 2.05) is 13.1 Å². The standard InChI is InChI=1S/C16H26N2O2/c1-12-11-18(9-6-10-20-12)14-7-5-8-15(19-4)16(14)13(2)17-3/h5,7-8,12-13,17H,6,9-11H2,1-4H3. The van der Waals surface area contributed by atoms with Gasteiger partial charge in [0, 0.05) is 37.0 Å². The number of methoxy groups -OCH3 is 1. The van der Waals surface area contributed by atoms with E-state index in [1.54, 1.807) is 7.11 Å². The summed E-state index contributed by atoms with van der Waals surface area (Å²) in [5.41, 5.74) is 2.48. The lowest BCUT2D eigenvalue weighted by atomic mass is 10.0. The molecule has 1 aliphatic rings. The normalized spacial score (nSPS) is 21.4. The van der Waals surface area contributed by atoms with E-state index in [1.165, 1.54) is 11.3 Å². The van der Waals surface area contributed by atoms with Gasteiger partial charge in [-0.1, -0.05) is 6.07 Å². The van der Waals surface area contributed by atoms with Gasteiger partial charge in [-0.3, -0.25) is 0 Å². The average Bonchev–Trinajstić information content (AvgIpc) is 2.70. The van der Waals surface area contributed by atoms with Crippen molar-refractivity contribution in [2.75, 3.05) is 38.8 Å². The van der Waals surface area contributed by atoms with Crippen molar-refractivity contribution in [3.63, 3.8) is 0 Å². The third kappa shape index (κ3) is 3.25. The maximum atomic E-state index is 5.75. The van der Waals surface area contributed by atoms with Gasteiger partial charge in [0.25, 0.3) is 0 Å². The largest absolute Gasteiger partial charge is 0.496 e. The molecule has 0 aliphatic carbocycles. The van der Waals surface area contributed by atoms with Crippen LogP contribution < -0.4 is 15.0 Å². The Labute approximate surface area is 122 Å². The number of hydrogen-bond acceptors (Lipinski definition) is 4. The van der Waals surface area contributed by atoms with Crippen LogP contribution in [-0.2, 0) is 4.74 Å². The van der Waals surface area contributed by atoms with Gasteiger partial charge in [0.2, 0.25) is 0 Å². The van der Waals surface area contributed by atoms with Crippen LogP contribution in [0.3, 0.4) is 0 Å². The van der Waals surface area contributed by atoms with Crippen molar-refractivity contribution in [3.05, 3.63) is 23.8 Å². The van der Waals surface area contributed by atoms with Crippen LogP contribution in [0.4, 0.5) is 5.69 Å². The number of ether oxygens (including phenoxy) is 2. The van der Waals surface area contributed by atoms with E-state index >= 15 is 0 Å². The van der Waals surface area contributed by atoms with Gasteiger partial charge in [-0.25, -0.2) is 0 Å². The fourth-order valence-corrected chi connectivity index (χ4v) is 2.78. The Kier molecular flexibility index (Phi) is 5.26. The van der Waals surface area contributed by atoms with Gasteiger partial charge >= 0.3 is 0 Å². The van der Waals surface area contributed by atoms with Crippen LogP contribution in [0, 0.1) is 0 Å². The Bertz CT molecular complexity index is 436. The number of nitrogens with one attached hydrogen (secondary N) is 1. The van der Waals surface area contributed by atoms with E-state index in [0.717, 1.165) is 31.9 Å². The first-order chi connectivity index (χ1) is 9.67. The van der Waals surface area contributed by atoms with Gasteiger partial charge < -0.3 is 19.7 Å². The number of benzene rings is 1. The van der Waals surface area contributed by atoms with Gasteiger partial charge in [-0.05, 0) is 39.4 Å². The molecule has 1 saturated heterocycles. The van der Waals surface area contributed by atoms with Crippen LogP contribution in [0.15, 0.2) is 18.2 Å². The Morgan fingerprint density at radius 1 is 1.45 bits per heavy atom. The van der Waals surface area contributed by atoms with Gasteiger partial charge in [-0.15, -0.1) is 0 Å². The van der Waals surface area contributed by atoms with E-state index in [0.29, 0.717) is 0 Å². The minimum absolute atomic E-state index is 0.251. The quantitative estimate of drug-likeness (QED) is 0.918. The number of hydrogen-bond donors (Lipinski definition) is 1. The molecule has 2 unspecified atom stereocenters. The highest BCUT2D eigenvalue weighted by molar-refractivity contribution is 5.61. The molecule has 0 aromatic heterocycles. The number of anilines is 1. The Morgan fingerprint density at radius 3 is 2.95 bits per heavy atom. The SMILES string of the molecule is CNC(C)c1c(OC)cccc1N1CCCOC(C)C1. The summed E-state index contributed by atoms with van der Waals surface area (Å²) >= 11 is 0. The van der Waals surface area contributed by atoms with Gasteiger partial charge in [0.1, 0.15) is 5.75 Å². The highest BCUT2D eigenvalue weighted by Gasteiger charge is 2.22. The summed E-state index contributed by atoms with van der Waals surface area (Å²) < 4.78 is 11.3. The molecule has 1 aromatic carbocycles. The van der Waals surface area contributed by atoms with Crippen LogP contribution in [0.2, 0.25) is 0 Å². The molecule has 0 radical (unpaired) electrons. The minimum Gasteiger partial charge on any atom is -0.496 e. The molecule has 0 bridgehead atoms. The molecule has 4 heteroatoms. The maximum absolute atomic E-state index is 5.75. The van der Waals surface area contributed by atoms with Crippen molar-refractivity contribution < 1.29 is 9.47 Å². The zero-order chi connectivity index (χ0) is 14.5. The predicted molar refractivity (Wildman–Crippen MR) is 82.7 cm³/mol. The molecular formula is C16H26N2O2. The maximum Gasteiger partial charge on any atom is 0.125 e. The fourth-order valence-electron chi connectivity index (χ4n) is 2.78. The van der Waals surface area contributed by atoms with E-state index in [4.69, 9.17) is 9.47 Å². The van der Waals surface area contributed by atoms with Crippen LogP contribution in [0.5, 0.6) is 5.75 Å². The van der Waals surface area contributed by atoms with E-state index < -0.39 is 0 Å². The summed E-state index contributed by atoms with van der Waals surface area (Å²) in [7, 11) is 3.72. The monoisotopic (exact) mass is 278 g/mol. The second-order valence-electron chi connectivity index (χ2n) is 5.38. The lowest BCUT2D eigenvalue weighted by Gasteiger charge is -2.29. The topological polar surface area (TPSA) is 33.7 Å². The molecule has 1 fully saturated rings. The van der Waals surface area contributed by atoms with Crippen LogP contribution in [0.25, 0.3) is 0 Å². The summed E-state index contributed by atoms with van der Waals surface area (Å²) in [5, 5.41) is 3.32. The van der Waals surface area contributed by atoms with Gasteiger partial charge in [0.15, 0.2) is 0 Å². The van der Waals surface area contributed by atoms with Crippen molar-refractivity contribution in [3.8, 4) is 5.75 Å². The number of nitrogens with zero attached hydrogens (tertiary/aromatic N) is 1. The molecule has 112 valence electrons. The zero-order valence-corrected chi connectivity index (χ0v) is 13.0. The molecule has 1 N–H and O–H groups in total. The van der Waals surface area contributed by atoms with Crippen molar-refractivity contribution in [2.24, 2.45) is 0 Å². The molecule has 4 nitrogen and oxygen atoms in total. The third-order valence-corrected chi connectivity index (χ3v) is 3.92. The first-order valence-electron chi connectivity index (χ1n) is 7.38. The lowest BCUT2D eigenvalue weighted by molar-refractivity contribution is 0.0820. The summed E-state index contributed by atoms with van der Waals surface area (Å²) in [6, 6.07) is 6.53. The first-order valence-corrected chi connectivity index (χ1v) is 7.38. The minimum atomic E-state index is 0.251. The van der Waals surface area contributed by atoms with Crippen molar-refractivity contribution in [1.82, 2.24) is 5.32 Å². The molecule has 2 rings (SSSR count). The molecule has 1 heterocycles. The Hall–Kier alpha value is -1.26. The smallest absolute Gasteiger partial charge is 0.125 e. The third-order valence-electron chi connectivity index (χ3n) is 3.92. The second kappa shape index (κ2) is 6.95. The summed E-state index contributed by atoms with van der Waals surface area (Å²) in [4.78, 5) is 2.42. The van der Waals surface area contributed by atoms with Gasteiger partial charge in [-0.2, -0.15) is 0 Å². The summed E-state index contributed by atoms with van der Waals surface area (Å²) in [5.74, 6) is 0.946. The predicted octanol–water partition coefficient (Wildman–Crippen LogP) is 2.59. The zero-order valence-electron chi connectivity index (χ0n) is 13.0. The molecular weight excluding hydrogens is 252 g/mol. The molecule has 1 aliphatic heterocycles. The van der Waals surface area contributed by atoms with E-state index in [9.17, 15) is 0 Å². The highest BCUT2D eigenvalue weighted by Crippen LogP contribution is 2.35. The van der Waals surface area contributed by atoms with Gasteiger partial charge in [0.05, 0.1) is 13.2 Å². The van der Waals surface area contributed by atoms with E-state index in [2.05, 4.69) is 36.2 Å². The molecule has 0 amide bonds. The number of rotatable bonds is 4. The van der Waals surface area contributed by atoms with Crippen LogP contribution >= 0.6 is 0 Å². The molecule has 0 saturated carbocycles. The molecule has 0 spiro atoms. The van der Waals surface area contributed by atoms with Crippen molar-refractivity contribution in [1.29, 1.82) is 0 Å². The fraction of sp³-hybridized carbons (Fsp3) is 0.625. The molecule has 1 aromatic rings. The first kappa shape index (κ1) is 15.1. The van der Waals surface area contributed by atoms with Crippen molar-refractivity contribution >= 4 is 5.69 Å². The van der Waals surface area contributed by atoms with Crippen LogP contribution in [-0.4, -0.2) is 40.0 Å². The Morgan fingerprint density at radius 2 is 2.25 bits per heavy atom. The van der Waals surface area contributed by atoms with E-state index in [-0.39, 0.29) is 12.1 Å². The second-order valence-corrected chi connectivity index (χ2v) is 5.38. The van der Waals surface area contributed by atoms with Crippen LogP contribution in [0.1, 0.15) is 31.9 Å². The molecule has 2 atom stereocenters. The van der Waals surface area contributed by atoms with Crippen molar-refractivity contribution in [2.45, 2.75) is 32.4 Å². The summed E-state index contributed by atoms with van der Waals surface area (Å²) in [6.45, 7) is 7.11. The highest BCUT2D eigenvalue weighted by atomic mass is 16.5.